The van der Waals surface area contributed by atoms with E-state index in [-0.39, 0.29) is 6.04 Å². The molecule has 0 aromatic heterocycles. The lowest BCUT2D eigenvalue weighted by molar-refractivity contribution is 0.994. The highest BCUT2D eigenvalue weighted by molar-refractivity contribution is 6.30. The first-order valence-corrected chi connectivity index (χ1v) is 6.06. The van der Waals surface area contributed by atoms with Gasteiger partial charge in [-0.15, -0.1) is 0 Å². The van der Waals surface area contributed by atoms with E-state index in [9.17, 15) is 5.26 Å². The highest BCUT2D eigenvalue weighted by atomic mass is 35.5. The lowest BCUT2D eigenvalue weighted by Crippen LogP contribution is -2.09. The molecule has 2 aromatic carbocycles. The van der Waals surface area contributed by atoms with Crippen molar-refractivity contribution in [2.75, 3.05) is 5.32 Å². The van der Waals surface area contributed by atoms with Crippen molar-refractivity contribution in [2.45, 2.75) is 13.0 Å². The summed E-state index contributed by atoms with van der Waals surface area (Å²) in [4.78, 5) is 0. The van der Waals surface area contributed by atoms with Gasteiger partial charge in [0.15, 0.2) is 0 Å². The number of benzene rings is 2. The third-order valence-electron chi connectivity index (χ3n) is 2.78. The topological polar surface area (TPSA) is 35.8 Å². The molecule has 2 aromatic rings. The van der Waals surface area contributed by atoms with Crippen LogP contribution in [0, 0.1) is 18.3 Å². The van der Waals surface area contributed by atoms with Crippen LogP contribution >= 0.6 is 11.6 Å². The summed E-state index contributed by atoms with van der Waals surface area (Å²) < 4.78 is 0. The maximum atomic E-state index is 9.26. The van der Waals surface area contributed by atoms with E-state index < -0.39 is 0 Å². The molecule has 0 radical (unpaired) electrons. The third kappa shape index (κ3) is 2.82. The number of nitriles is 1. The summed E-state index contributed by atoms with van der Waals surface area (Å²) in [6.07, 6.45) is 0. The third-order valence-corrected chi connectivity index (χ3v) is 3.03. The fraction of sp³-hybridized carbons (Fsp3) is 0.133. The second-order valence-electron chi connectivity index (χ2n) is 4.07. The van der Waals surface area contributed by atoms with Crippen molar-refractivity contribution in [3.63, 3.8) is 0 Å². The van der Waals surface area contributed by atoms with Crippen LogP contribution in [-0.2, 0) is 0 Å². The Labute approximate surface area is 112 Å². The zero-order valence-corrected chi connectivity index (χ0v) is 10.8. The molecular weight excluding hydrogens is 244 g/mol. The van der Waals surface area contributed by atoms with E-state index in [0.29, 0.717) is 5.02 Å². The molecule has 2 nitrogen and oxygen atoms in total. The first-order valence-electron chi connectivity index (χ1n) is 5.68. The summed E-state index contributed by atoms with van der Waals surface area (Å²) in [5.41, 5.74) is 3.00. The Balaban J connectivity index is 2.23. The molecule has 1 atom stereocenters. The number of anilines is 1. The molecule has 0 saturated heterocycles. The van der Waals surface area contributed by atoms with Gasteiger partial charge in [-0.2, -0.15) is 5.26 Å². The van der Waals surface area contributed by atoms with Crippen molar-refractivity contribution in [1.29, 1.82) is 5.26 Å². The molecule has 2 rings (SSSR count). The van der Waals surface area contributed by atoms with E-state index in [1.807, 2.05) is 43.3 Å². The van der Waals surface area contributed by atoms with Gasteiger partial charge in [0.05, 0.1) is 6.07 Å². The van der Waals surface area contributed by atoms with Crippen LogP contribution in [0.2, 0.25) is 5.02 Å². The van der Waals surface area contributed by atoms with Crippen LogP contribution in [0.5, 0.6) is 0 Å². The van der Waals surface area contributed by atoms with Gasteiger partial charge in [0.2, 0.25) is 0 Å². The number of rotatable bonds is 3. The minimum Gasteiger partial charge on any atom is -0.366 e. The largest absolute Gasteiger partial charge is 0.366 e. The summed E-state index contributed by atoms with van der Waals surface area (Å²) >= 11 is 5.84. The number of hydrogen-bond donors (Lipinski definition) is 1. The summed E-state index contributed by atoms with van der Waals surface area (Å²) in [7, 11) is 0. The van der Waals surface area contributed by atoms with Gasteiger partial charge in [-0.1, -0.05) is 41.9 Å². The molecule has 1 N–H and O–H groups in total. The summed E-state index contributed by atoms with van der Waals surface area (Å²) in [6, 6.07) is 17.1. The predicted molar refractivity (Wildman–Crippen MR) is 74.6 cm³/mol. The molecule has 0 aliphatic carbocycles. The molecule has 0 fully saturated rings. The molecular formula is C15H13ClN2. The van der Waals surface area contributed by atoms with Gasteiger partial charge in [-0.25, -0.2) is 0 Å². The number of para-hydroxylation sites is 1. The molecule has 0 aliphatic rings. The molecule has 3 heteroatoms. The standard InChI is InChI=1S/C15H13ClN2/c1-11-4-2-3-5-14(11)18-15(10-17)12-6-8-13(16)9-7-12/h2-9,15,18H,1H3. The second-order valence-corrected chi connectivity index (χ2v) is 4.51. The molecule has 0 bridgehead atoms. The Bertz CT molecular complexity index is 570. The molecule has 1 unspecified atom stereocenters. The molecule has 18 heavy (non-hydrogen) atoms. The van der Waals surface area contributed by atoms with E-state index in [2.05, 4.69) is 11.4 Å². The van der Waals surface area contributed by atoms with Gasteiger partial charge in [-0.05, 0) is 36.2 Å². The average Bonchev–Trinajstić information content (AvgIpc) is 2.39. The molecule has 0 amide bonds. The normalized spacial score (nSPS) is 11.6. The Hall–Kier alpha value is -1.98. The highest BCUT2D eigenvalue weighted by Crippen LogP contribution is 2.22. The number of halogens is 1. The smallest absolute Gasteiger partial charge is 0.140 e. The number of nitrogens with one attached hydrogen (secondary N) is 1. The summed E-state index contributed by atoms with van der Waals surface area (Å²) in [5.74, 6) is 0. The van der Waals surface area contributed by atoms with Gasteiger partial charge in [-0.3, -0.25) is 0 Å². The van der Waals surface area contributed by atoms with Crippen LogP contribution in [0.25, 0.3) is 0 Å². The van der Waals surface area contributed by atoms with Gasteiger partial charge >= 0.3 is 0 Å². The van der Waals surface area contributed by atoms with Crippen molar-refractivity contribution < 1.29 is 0 Å². The van der Waals surface area contributed by atoms with E-state index in [1.54, 1.807) is 12.1 Å². The molecule has 90 valence electrons. The van der Waals surface area contributed by atoms with Gasteiger partial charge in [0.1, 0.15) is 6.04 Å². The second kappa shape index (κ2) is 5.57. The number of aryl methyl sites for hydroxylation is 1. The predicted octanol–water partition coefficient (Wildman–Crippen LogP) is 4.33. The van der Waals surface area contributed by atoms with Crippen LogP contribution in [0.1, 0.15) is 17.2 Å². The monoisotopic (exact) mass is 256 g/mol. The van der Waals surface area contributed by atoms with Gasteiger partial charge in [0.25, 0.3) is 0 Å². The van der Waals surface area contributed by atoms with E-state index in [0.717, 1.165) is 16.8 Å². The Morgan fingerprint density at radius 1 is 1.11 bits per heavy atom. The van der Waals surface area contributed by atoms with Crippen molar-refractivity contribution in [2.24, 2.45) is 0 Å². The van der Waals surface area contributed by atoms with E-state index in [1.165, 1.54) is 0 Å². The minimum absolute atomic E-state index is 0.372. The maximum absolute atomic E-state index is 9.26. The first kappa shape index (κ1) is 12.5. The van der Waals surface area contributed by atoms with Crippen LogP contribution in [0.3, 0.4) is 0 Å². The molecule has 0 aliphatic heterocycles. The van der Waals surface area contributed by atoms with Crippen LogP contribution in [0.4, 0.5) is 5.69 Å². The number of nitrogens with zero attached hydrogens (tertiary/aromatic N) is 1. The van der Waals surface area contributed by atoms with Crippen LogP contribution < -0.4 is 5.32 Å². The lowest BCUT2D eigenvalue weighted by atomic mass is 10.1. The van der Waals surface area contributed by atoms with Gasteiger partial charge < -0.3 is 5.32 Å². The maximum Gasteiger partial charge on any atom is 0.140 e. The van der Waals surface area contributed by atoms with Crippen molar-refractivity contribution >= 4 is 17.3 Å². The Kier molecular flexibility index (Phi) is 3.86. The lowest BCUT2D eigenvalue weighted by Gasteiger charge is -2.15. The molecule has 0 heterocycles. The summed E-state index contributed by atoms with van der Waals surface area (Å²) in [6.45, 7) is 2.01. The Morgan fingerprint density at radius 2 is 1.78 bits per heavy atom. The zero-order chi connectivity index (χ0) is 13.0. The number of hydrogen-bond acceptors (Lipinski definition) is 2. The van der Waals surface area contributed by atoms with Crippen molar-refractivity contribution in [1.82, 2.24) is 0 Å². The van der Waals surface area contributed by atoms with Crippen LogP contribution in [-0.4, -0.2) is 0 Å². The quantitative estimate of drug-likeness (QED) is 0.887. The van der Waals surface area contributed by atoms with Gasteiger partial charge in [0, 0.05) is 10.7 Å². The Morgan fingerprint density at radius 3 is 2.39 bits per heavy atom. The van der Waals surface area contributed by atoms with Crippen LogP contribution in [0.15, 0.2) is 48.5 Å². The minimum atomic E-state index is -0.372. The molecule has 0 spiro atoms. The molecule has 0 saturated carbocycles. The van der Waals surface area contributed by atoms with E-state index >= 15 is 0 Å². The zero-order valence-electron chi connectivity index (χ0n) is 10.0. The average molecular weight is 257 g/mol. The first-order chi connectivity index (χ1) is 8.70. The summed E-state index contributed by atoms with van der Waals surface area (Å²) in [5, 5.41) is 13.2. The fourth-order valence-electron chi connectivity index (χ4n) is 1.74. The van der Waals surface area contributed by atoms with Crippen molar-refractivity contribution in [3.8, 4) is 6.07 Å². The fourth-order valence-corrected chi connectivity index (χ4v) is 1.86. The van der Waals surface area contributed by atoms with E-state index in [4.69, 9.17) is 11.6 Å². The SMILES string of the molecule is Cc1ccccc1NC(C#N)c1ccc(Cl)cc1. The van der Waals surface area contributed by atoms with Crippen molar-refractivity contribution in [3.05, 3.63) is 64.7 Å². The highest BCUT2D eigenvalue weighted by Gasteiger charge is 2.10.